The van der Waals surface area contributed by atoms with E-state index in [-0.39, 0.29) is 0 Å². The standard InChI is InChI=1S/C16H18O3/c1-3-14(17)12-8-10-13(11-9-12)19-16-7-5-4-6-15(16)18-2/h4-11,14,17H,3H2,1-2H3. The maximum Gasteiger partial charge on any atom is 0.169 e. The van der Waals surface area contributed by atoms with Gasteiger partial charge in [-0.15, -0.1) is 0 Å². The first kappa shape index (κ1) is 13.4. The molecule has 1 N–H and O–H groups in total. The summed E-state index contributed by atoms with van der Waals surface area (Å²) in [4.78, 5) is 0. The van der Waals surface area contributed by atoms with Crippen LogP contribution in [0.4, 0.5) is 0 Å². The predicted molar refractivity (Wildman–Crippen MR) is 74.8 cm³/mol. The fourth-order valence-corrected chi connectivity index (χ4v) is 1.82. The summed E-state index contributed by atoms with van der Waals surface area (Å²) in [7, 11) is 1.61. The number of methoxy groups -OCH3 is 1. The zero-order valence-electron chi connectivity index (χ0n) is 11.2. The van der Waals surface area contributed by atoms with Gasteiger partial charge in [-0.2, -0.15) is 0 Å². The molecule has 1 atom stereocenters. The van der Waals surface area contributed by atoms with Gasteiger partial charge in [-0.05, 0) is 36.2 Å². The molecule has 1 unspecified atom stereocenters. The van der Waals surface area contributed by atoms with Crippen LogP contribution in [0, 0.1) is 0 Å². The van der Waals surface area contributed by atoms with Crippen molar-refractivity contribution in [2.75, 3.05) is 7.11 Å². The number of ether oxygens (including phenoxy) is 2. The van der Waals surface area contributed by atoms with E-state index in [1.165, 1.54) is 0 Å². The molecule has 0 saturated carbocycles. The zero-order valence-corrected chi connectivity index (χ0v) is 11.2. The Morgan fingerprint density at radius 1 is 1.00 bits per heavy atom. The number of para-hydroxylation sites is 2. The Hall–Kier alpha value is -2.00. The summed E-state index contributed by atoms with van der Waals surface area (Å²) in [5, 5.41) is 9.73. The number of aliphatic hydroxyl groups is 1. The summed E-state index contributed by atoms with van der Waals surface area (Å²) in [6.45, 7) is 1.95. The zero-order chi connectivity index (χ0) is 13.7. The number of aliphatic hydroxyl groups excluding tert-OH is 1. The van der Waals surface area contributed by atoms with Crippen molar-refractivity contribution in [1.82, 2.24) is 0 Å². The largest absolute Gasteiger partial charge is 0.493 e. The molecule has 0 spiro atoms. The van der Waals surface area contributed by atoms with Gasteiger partial charge in [0.05, 0.1) is 13.2 Å². The molecule has 0 bridgehead atoms. The van der Waals surface area contributed by atoms with E-state index in [9.17, 15) is 5.11 Å². The van der Waals surface area contributed by atoms with Crippen molar-refractivity contribution in [1.29, 1.82) is 0 Å². The van der Waals surface area contributed by atoms with E-state index in [0.717, 1.165) is 11.3 Å². The molecule has 0 radical (unpaired) electrons. The van der Waals surface area contributed by atoms with Crippen LogP contribution in [0.1, 0.15) is 25.0 Å². The molecular formula is C16H18O3. The summed E-state index contributed by atoms with van der Waals surface area (Å²) in [6, 6.07) is 14.9. The molecule has 0 aliphatic carbocycles. The van der Waals surface area contributed by atoms with E-state index in [1.54, 1.807) is 7.11 Å². The molecule has 0 aliphatic heterocycles. The molecule has 2 rings (SSSR count). The lowest BCUT2D eigenvalue weighted by molar-refractivity contribution is 0.173. The quantitative estimate of drug-likeness (QED) is 0.883. The van der Waals surface area contributed by atoms with E-state index >= 15 is 0 Å². The Bertz CT molecular complexity index is 520. The Kier molecular flexibility index (Phi) is 4.42. The molecule has 100 valence electrons. The monoisotopic (exact) mass is 258 g/mol. The molecule has 2 aromatic rings. The number of hydrogen-bond donors (Lipinski definition) is 1. The van der Waals surface area contributed by atoms with Crippen LogP contribution < -0.4 is 9.47 Å². The molecule has 19 heavy (non-hydrogen) atoms. The van der Waals surface area contributed by atoms with Crippen LogP contribution in [0.5, 0.6) is 17.2 Å². The Balaban J connectivity index is 2.15. The summed E-state index contributed by atoms with van der Waals surface area (Å²) in [6.07, 6.45) is 0.285. The van der Waals surface area contributed by atoms with Crippen molar-refractivity contribution >= 4 is 0 Å². The second kappa shape index (κ2) is 6.25. The molecule has 0 saturated heterocycles. The van der Waals surface area contributed by atoms with Gasteiger partial charge in [0.25, 0.3) is 0 Å². The van der Waals surface area contributed by atoms with Crippen molar-refractivity contribution in [2.45, 2.75) is 19.4 Å². The highest BCUT2D eigenvalue weighted by molar-refractivity contribution is 5.43. The van der Waals surface area contributed by atoms with Gasteiger partial charge < -0.3 is 14.6 Å². The second-order valence-corrected chi connectivity index (χ2v) is 4.25. The SMILES string of the molecule is CCC(O)c1ccc(Oc2ccccc2OC)cc1. The van der Waals surface area contributed by atoms with Gasteiger partial charge >= 0.3 is 0 Å². The Morgan fingerprint density at radius 3 is 2.21 bits per heavy atom. The fourth-order valence-electron chi connectivity index (χ4n) is 1.82. The van der Waals surface area contributed by atoms with Crippen LogP contribution in [0.3, 0.4) is 0 Å². The third-order valence-corrected chi connectivity index (χ3v) is 2.95. The highest BCUT2D eigenvalue weighted by Crippen LogP contribution is 2.31. The number of benzene rings is 2. The lowest BCUT2D eigenvalue weighted by atomic mass is 10.1. The minimum Gasteiger partial charge on any atom is -0.493 e. The van der Waals surface area contributed by atoms with Gasteiger partial charge in [0.15, 0.2) is 11.5 Å². The first-order valence-corrected chi connectivity index (χ1v) is 6.33. The van der Waals surface area contributed by atoms with Crippen molar-refractivity contribution in [3.05, 3.63) is 54.1 Å². The Morgan fingerprint density at radius 2 is 1.63 bits per heavy atom. The minimum absolute atomic E-state index is 0.416. The third kappa shape index (κ3) is 3.26. The number of hydrogen-bond acceptors (Lipinski definition) is 3. The van der Waals surface area contributed by atoms with Crippen LogP contribution in [0.25, 0.3) is 0 Å². The highest BCUT2D eigenvalue weighted by Gasteiger charge is 2.06. The second-order valence-electron chi connectivity index (χ2n) is 4.25. The van der Waals surface area contributed by atoms with Crippen LogP contribution in [0.15, 0.2) is 48.5 Å². The third-order valence-electron chi connectivity index (χ3n) is 2.95. The molecule has 0 aliphatic rings. The summed E-state index contributed by atoms with van der Waals surface area (Å²) >= 11 is 0. The van der Waals surface area contributed by atoms with Crippen LogP contribution in [-0.4, -0.2) is 12.2 Å². The van der Waals surface area contributed by atoms with E-state index in [2.05, 4.69) is 0 Å². The van der Waals surface area contributed by atoms with Gasteiger partial charge in [-0.3, -0.25) is 0 Å². The van der Waals surface area contributed by atoms with E-state index < -0.39 is 6.10 Å². The molecule has 0 fully saturated rings. The summed E-state index contributed by atoms with van der Waals surface area (Å²) in [5.74, 6) is 2.09. The van der Waals surface area contributed by atoms with E-state index in [4.69, 9.17) is 9.47 Å². The topological polar surface area (TPSA) is 38.7 Å². The average Bonchev–Trinajstić information content (AvgIpc) is 2.48. The summed E-state index contributed by atoms with van der Waals surface area (Å²) < 4.78 is 11.0. The van der Waals surface area contributed by atoms with Gasteiger partial charge in [0.1, 0.15) is 5.75 Å². The van der Waals surface area contributed by atoms with E-state index in [0.29, 0.717) is 17.9 Å². The smallest absolute Gasteiger partial charge is 0.169 e. The lowest BCUT2D eigenvalue weighted by Crippen LogP contribution is -1.95. The van der Waals surface area contributed by atoms with Crippen LogP contribution >= 0.6 is 0 Å². The molecular weight excluding hydrogens is 240 g/mol. The first-order chi connectivity index (χ1) is 9.24. The highest BCUT2D eigenvalue weighted by atomic mass is 16.5. The summed E-state index contributed by atoms with van der Waals surface area (Å²) in [5.41, 5.74) is 0.898. The van der Waals surface area contributed by atoms with Crippen molar-refractivity contribution < 1.29 is 14.6 Å². The van der Waals surface area contributed by atoms with Gasteiger partial charge in [-0.25, -0.2) is 0 Å². The van der Waals surface area contributed by atoms with E-state index in [1.807, 2.05) is 55.5 Å². The molecule has 2 aromatic carbocycles. The lowest BCUT2D eigenvalue weighted by Gasteiger charge is -2.11. The molecule has 3 nitrogen and oxygen atoms in total. The average molecular weight is 258 g/mol. The van der Waals surface area contributed by atoms with Crippen LogP contribution in [-0.2, 0) is 0 Å². The van der Waals surface area contributed by atoms with Crippen molar-refractivity contribution in [2.24, 2.45) is 0 Å². The molecule has 0 heterocycles. The maximum absolute atomic E-state index is 9.73. The maximum atomic E-state index is 9.73. The van der Waals surface area contributed by atoms with Crippen molar-refractivity contribution in [3.8, 4) is 17.2 Å². The molecule has 0 aromatic heterocycles. The predicted octanol–water partition coefficient (Wildman–Crippen LogP) is 3.93. The van der Waals surface area contributed by atoms with Gasteiger partial charge in [-0.1, -0.05) is 31.2 Å². The Labute approximate surface area is 113 Å². The molecule has 3 heteroatoms. The van der Waals surface area contributed by atoms with Crippen molar-refractivity contribution in [3.63, 3.8) is 0 Å². The van der Waals surface area contributed by atoms with Crippen LogP contribution in [0.2, 0.25) is 0 Å². The first-order valence-electron chi connectivity index (χ1n) is 6.33. The minimum atomic E-state index is -0.416. The number of rotatable bonds is 5. The fraction of sp³-hybridized carbons (Fsp3) is 0.250. The molecule has 0 amide bonds. The normalized spacial score (nSPS) is 11.9. The van der Waals surface area contributed by atoms with Gasteiger partial charge in [0.2, 0.25) is 0 Å². The van der Waals surface area contributed by atoms with Gasteiger partial charge in [0, 0.05) is 0 Å².